The molecule has 19 heavy (non-hydrogen) atoms. The van der Waals surface area contributed by atoms with Gasteiger partial charge in [-0.15, -0.1) is 0 Å². The van der Waals surface area contributed by atoms with Crippen molar-refractivity contribution in [2.24, 2.45) is 0 Å². The summed E-state index contributed by atoms with van der Waals surface area (Å²) in [6.07, 6.45) is 0. The van der Waals surface area contributed by atoms with Crippen molar-refractivity contribution in [1.82, 2.24) is 0 Å². The second-order valence-corrected chi connectivity index (χ2v) is 3.93. The molecule has 0 heterocycles. The molecule has 5 heteroatoms. The second-order valence-electron chi connectivity index (χ2n) is 3.93. The molecule has 0 spiro atoms. The molecule has 0 radical (unpaired) electrons. The highest BCUT2D eigenvalue weighted by Crippen LogP contribution is 2.41. The van der Waals surface area contributed by atoms with Crippen molar-refractivity contribution in [2.45, 2.75) is 0 Å². The van der Waals surface area contributed by atoms with Crippen LogP contribution in [0.1, 0.15) is 0 Å². The summed E-state index contributed by atoms with van der Waals surface area (Å²) in [5, 5.41) is 28.6. The van der Waals surface area contributed by atoms with E-state index in [-0.39, 0.29) is 28.7 Å². The van der Waals surface area contributed by atoms with E-state index in [1.165, 1.54) is 26.4 Å². The molecule has 0 saturated heterocycles. The average molecular weight is 262 g/mol. The fourth-order valence-electron chi connectivity index (χ4n) is 1.76. The molecule has 0 amide bonds. The third kappa shape index (κ3) is 2.35. The SMILES string of the molecule is COc1cc(-c2ccc(O)c(O)c2)cc(OC)c1O. The van der Waals surface area contributed by atoms with E-state index < -0.39 is 0 Å². The number of phenolic OH excluding ortho intramolecular Hbond substituents is 3. The summed E-state index contributed by atoms with van der Waals surface area (Å²) in [4.78, 5) is 0. The molecule has 2 rings (SSSR count). The fraction of sp³-hybridized carbons (Fsp3) is 0.143. The molecule has 0 atom stereocenters. The zero-order chi connectivity index (χ0) is 14.0. The van der Waals surface area contributed by atoms with Crippen LogP contribution in [-0.4, -0.2) is 29.5 Å². The number of ether oxygens (including phenoxy) is 2. The van der Waals surface area contributed by atoms with Gasteiger partial charge in [0.05, 0.1) is 14.2 Å². The Balaban J connectivity index is 2.58. The Morgan fingerprint density at radius 3 is 1.79 bits per heavy atom. The van der Waals surface area contributed by atoms with E-state index in [4.69, 9.17) is 9.47 Å². The number of aromatic hydroxyl groups is 3. The third-order valence-electron chi connectivity index (χ3n) is 2.79. The number of hydrogen-bond acceptors (Lipinski definition) is 5. The fourth-order valence-corrected chi connectivity index (χ4v) is 1.76. The minimum atomic E-state index is -0.219. The van der Waals surface area contributed by atoms with Gasteiger partial charge in [-0.05, 0) is 35.4 Å². The van der Waals surface area contributed by atoms with Crippen LogP contribution < -0.4 is 9.47 Å². The molecule has 100 valence electrons. The van der Waals surface area contributed by atoms with Crippen LogP contribution in [0, 0.1) is 0 Å². The second kappa shape index (κ2) is 4.97. The molecule has 2 aromatic carbocycles. The number of hydrogen-bond donors (Lipinski definition) is 3. The highest BCUT2D eigenvalue weighted by Gasteiger charge is 2.13. The first-order chi connectivity index (χ1) is 9.06. The monoisotopic (exact) mass is 262 g/mol. The zero-order valence-electron chi connectivity index (χ0n) is 10.5. The van der Waals surface area contributed by atoms with E-state index in [9.17, 15) is 15.3 Å². The summed E-state index contributed by atoms with van der Waals surface area (Å²) in [6, 6.07) is 7.67. The molecule has 0 unspecified atom stereocenters. The van der Waals surface area contributed by atoms with Crippen LogP contribution >= 0.6 is 0 Å². The largest absolute Gasteiger partial charge is 0.504 e. The lowest BCUT2D eigenvalue weighted by molar-refractivity contribution is 0.340. The Labute approximate surface area is 110 Å². The molecule has 3 N–H and O–H groups in total. The van der Waals surface area contributed by atoms with Crippen molar-refractivity contribution in [2.75, 3.05) is 14.2 Å². The van der Waals surface area contributed by atoms with Crippen LogP contribution in [0.5, 0.6) is 28.7 Å². The first-order valence-corrected chi connectivity index (χ1v) is 5.54. The topological polar surface area (TPSA) is 79.2 Å². The van der Waals surface area contributed by atoms with Crippen molar-refractivity contribution < 1.29 is 24.8 Å². The van der Waals surface area contributed by atoms with Crippen molar-refractivity contribution in [3.63, 3.8) is 0 Å². The normalized spacial score (nSPS) is 10.2. The Bertz CT molecular complexity index is 582. The molecule has 0 saturated carbocycles. The van der Waals surface area contributed by atoms with Gasteiger partial charge in [0.25, 0.3) is 0 Å². The minimum Gasteiger partial charge on any atom is -0.504 e. The molecule has 0 aliphatic rings. The van der Waals surface area contributed by atoms with E-state index in [0.29, 0.717) is 11.1 Å². The predicted molar refractivity (Wildman–Crippen MR) is 70.0 cm³/mol. The molecular weight excluding hydrogens is 248 g/mol. The smallest absolute Gasteiger partial charge is 0.200 e. The van der Waals surface area contributed by atoms with Gasteiger partial charge in [0, 0.05) is 0 Å². The zero-order valence-corrected chi connectivity index (χ0v) is 10.5. The van der Waals surface area contributed by atoms with Crippen molar-refractivity contribution in [1.29, 1.82) is 0 Å². The standard InChI is InChI=1S/C14H14O5/c1-18-12-6-9(7-13(19-2)14(12)17)8-3-4-10(15)11(16)5-8/h3-7,15-17H,1-2H3. The maximum atomic E-state index is 9.82. The van der Waals surface area contributed by atoms with Gasteiger partial charge in [0.1, 0.15) is 0 Å². The van der Waals surface area contributed by atoms with Crippen LogP contribution in [0.3, 0.4) is 0 Å². The highest BCUT2D eigenvalue weighted by molar-refractivity contribution is 5.72. The Morgan fingerprint density at radius 1 is 0.737 bits per heavy atom. The van der Waals surface area contributed by atoms with Gasteiger partial charge in [-0.2, -0.15) is 0 Å². The number of methoxy groups -OCH3 is 2. The van der Waals surface area contributed by atoms with Gasteiger partial charge in [0.2, 0.25) is 5.75 Å². The van der Waals surface area contributed by atoms with E-state index in [1.54, 1.807) is 18.2 Å². The Hall–Kier alpha value is -2.56. The summed E-state index contributed by atoms with van der Waals surface area (Å²) < 4.78 is 10.1. The molecule has 0 fully saturated rings. The lowest BCUT2D eigenvalue weighted by Crippen LogP contribution is -1.90. The Kier molecular flexibility index (Phi) is 3.37. The molecule has 0 bridgehead atoms. The molecule has 0 aromatic heterocycles. The van der Waals surface area contributed by atoms with Crippen molar-refractivity contribution >= 4 is 0 Å². The number of rotatable bonds is 3. The van der Waals surface area contributed by atoms with Crippen LogP contribution in [-0.2, 0) is 0 Å². The van der Waals surface area contributed by atoms with Crippen LogP contribution in [0.25, 0.3) is 11.1 Å². The van der Waals surface area contributed by atoms with Gasteiger partial charge >= 0.3 is 0 Å². The number of phenols is 3. The van der Waals surface area contributed by atoms with E-state index in [1.807, 2.05) is 0 Å². The Morgan fingerprint density at radius 2 is 1.32 bits per heavy atom. The van der Waals surface area contributed by atoms with Gasteiger partial charge in [0.15, 0.2) is 23.0 Å². The molecule has 5 nitrogen and oxygen atoms in total. The van der Waals surface area contributed by atoms with Gasteiger partial charge in [-0.1, -0.05) is 6.07 Å². The average Bonchev–Trinajstić information content (AvgIpc) is 2.42. The molecule has 0 aliphatic carbocycles. The lowest BCUT2D eigenvalue weighted by atomic mass is 10.0. The van der Waals surface area contributed by atoms with Gasteiger partial charge < -0.3 is 24.8 Å². The van der Waals surface area contributed by atoms with E-state index in [2.05, 4.69) is 0 Å². The summed E-state index contributed by atoms with van der Waals surface area (Å²) in [5.41, 5.74) is 1.34. The molecule has 2 aromatic rings. The molecular formula is C14H14O5. The van der Waals surface area contributed by atoms with Crippen LogP contribution in [0.4, 0.5) is 0 Å². The summed E-state index contributed by atoms with van der Waals surface area (Å²) in [7, 11) is 2.87. The maximum absolute atomic E-state index is 9.82. The van der Waals surface area contributed by atoms with E-state index in [0.717, 1.165) is 0 Å². The predicted octanol–water partition coefficient (Wildman–Crippen LogP) is 2.49. The summed E-state index contributed by atoms with van der Waals surface area (Å²) >= 11 is 0. The summed E-state index contributed by atoms with van der Waals surface area (Å²) in [6.45, 7) is 0. The van der Waals surface area contributed by atoms with Gasteiger partial charge in [-0.3, -0.25) is 0 Å². The minimum absolute atomic E-state index is 0.0863. The quantitative estimate of drug-likeness (QED) is 0.740. The first kappa shape index (κ1) is 12.9. The highest BCUT2D eigenvalue weighted by atomic mass is 16.5. The van der Waals surface area contributed by atoms with Crippen molar-refractivity contribution in [3.8, 4) is 39.9 Å². The van der Waals surface area contributed by atoms with Crippen molar-refractivity contribution in [3.05, 3.63) is 30.3 Å². The lowest BCUT2D eigenvalue weighted by Gasteiger charge is -2.11. The third-order valence-corrected chi connectivity index (χ3v) is 2.79. The first-order valence-electron chi connectivity index (χ1n) is 5.54. The maximum Gasteiger partial charge on any atom is 0.200 e. The molecule has 0 aliphatic heterocycles. The van der Waals surface area contributed by atoms with E-state index >= 15 is 0 Å². The van der Waals surface area contributed by atoms with Gasteiger partial charge in [-0.25, -0.2) is 0 Å². The summed E-state index contributed by atoms with van der Waals surface area (Å²) in [5.74, 6) is 0.0329. The van der Waals surface area contributed by atoms with Crippen LogP contribution in [0.2, 0.25) is 0 Å². The number of benzene rings is 2. The van der Waals surface area contributed by atoms with Crippen LogP contribution in [0.15, 0.2) is 30.3 Å².